The molecule has 0 aliphatic carbocycles. The van der Waals surface area contributed by atoms with Crippen LogP contribution in [0.1, 0.15) is 26.3 Å². The molecule has 1 heterocycles. The molecular weight excluding hydrogens is 353 g/mol. The van der Waals surface area contributed by atoms with Crippen molar-refractivity contribution in [2.24, 2.45) is 0 Å². The van der Waals surface area contributed by atoms with Crippen LogP contribution in [0.4, 0.5) is 4.79 Å². The average Bonchev–Trinajstić information content (AvgIpc) is 2.67. The minimum atomic E-state index is -0.480. The van der Waals surface area contributed by atoms with Crippen molar-refractivity contribution in [3.05, 3.63) is 36.0 Å². The molecule has 0 fully saturated rings. The average molecular weight is 371 g/mol. The van der Waals surface area contributed by atoms with Crippen LogP contribution in [0.15, 0.2) is 30.5 Å². The van der Waals surface area contributed by atoms with Crippen molar-refractivity contribution in [3.8, 4) is 0 Å². The van der Waals surface area contributed by atoms with E-state index in [1.165, 1.54) is 5.56 Å². The maximum atomic E-state index is 12.2. The van der Waals surface area contributed by atoms with Gasteiger partial charge in [-0.15, -0.1) is 0 Å². The molecule has 3 nitrogen and oxygen atoms in total. The van der Waals surface area contributed by atoms with Gasteiger partial charge >= 0.3 is 6.09 Å². The number of aryl methyl sites for hydroxylation is 1. The second kappa shape index (κ2) is 5.53. The van der Waals surface area contributed by atoms with Crippen LogP contribution in [0.25, 0.3) is 10.9 Å². The van der Waals surface area contributed by atoms with Crippen LogP contribution < -0.4 is 0 Å². The van der Waals surface area contributed by atoms with Crippen molar-refractivity contribution in [2.45, 2.75) is 32.8 Å². The Hall–Kier alpha value is -1.04. The Morgan fingerprint density at radius 1 is 1.32 bits per heavy atom. The van der Waals surface area contributed by atoms with Crippen LogP contribution >= 0.6 is 22.6 Å². The Morgan fingerprint density at radius 3 is 2.63 bits per heavy atom. The van der Waals surface area contributed by atoms with Crippen LogP contribution in [0.5, 0.6) is 0 Å². The van der Waals surface area contributed by atoms with Crippen LogP contribution in [-0.4, -0.2) is 20.7 Å². The fourth-order valence-electron chi connectivity index (χ4n) is 2.01. The zero-order chi connectivity index (χ0) is 14.0. The Morgan fingerprint density at radius 2 is 2.00 bits per heavy atom. The van der Waals surface area contributed by atoms with Gasteiger partial charge in [-0.2, -0.15) is 0 Å². The highest BCUT2D eigenvalue weighted by molar-refractivity contribution is 14.1. The Bertz CT molecular complexity index is 596. The summed E-state index contributed by atoms with van der Waals surface area (Å²) in [4.78, 5) is 12.2. The van der Waals surface area contributed by atoms with Crippen molar-refractivity contribution in [3.63, 3.8) is 0 Å². The smallest absolute Gasteiger partial charge is 0.419 e. The number of hydrogen-bond acceptors (Lipinski definition) is 2. The lowest BCUT2D eigenvalue weighted by molar-refractivity contribution is 0.0544. The molecule has 0 aliphatic heterocycles. The lowest BCUT2D eigenvalue weighted by Gasteiger charge is -2.19. The molecule has 0 bridgehead atoms. The third-order valence-electron chi connectivity index (χ3n) is 2.75. The summed E-state index contributed by atoms with van der Waals surface area (Å²) in [6, 6.07) is 7.95. The molecule has 0 aliphatic rings. The zero-order valence-corrected chi connectivity index (χ0v) is 13.6. The number of rotatable bonds is 2. The van der Waals surface area contributed by atoms with E-state index in [-0.39, 0.29) is 6.09 Å². The lowest BCUT2D eigenvalue weighted by atomic mass is 10.1. The van der Waals surface area contributed by atoms with Crippen molar-refractivity contribution in [1.82, 2.24) is 4.57 Å². The number of carbonyl (C=O) groups excluding carboxylic acids is 1. The van der Waals surface area contributed by atoms with Crippen molar-refractivity contribution >= 4 is 39.6 Å². The zero-order valence-electron chi connectivity index (χ0n) is 11.4. The molecule has 2 aromatic rings. The van der Waals surface area contributed by atoms with Gasteiger partial charge in [-0.05, 0) is 38.8 Å². The number of hydrogen-bond donors (Lipinski definition) is 0. The fraction of sp³-hybridized carbons (Fsp3) is 0.400. The Kier molecular flexibility index (Phi) is 4.18. The normalized spacial score (nSPS) is 11.8. The van der Waals surface area contributed by atoms with E-state index in [4.69, 9.17) is 4.74 Å². The van der Waals surface area contributed by atoms with Crippen LogP contribution in [0.3, 0.4) is 0 Å². The predicted octanol–water partition coefficient (Wildman–Crippen LogP) is 4.40. The summed E-state index contributed by atoms with van der Waals surface area (Å²) in [7, 11) is 0. The number of benzene rings is 1. The number of para-hydroxylation sites is 1. The molecule has 4 heteroatoms. The number of fused-ring (bicyclic) bond motifs is 1. The maximum Gasteiger partial charge on any atom is 0.419 e. The van der Waals surface area contributed by atoms with Gasteiger partial charge in [0.15, 0.2) is 0 Å². The van der Waals surface area contributed by atoms with Gasteiger partial charge in [0.1, 0.15) is 5.60 Å². The van der Waals surface area contributed by atoms with Crippen molar-refractivity contribution in [2.75, 3.05) is 4.43 Å². The highest BCUT2D eigenvalue weighted by atomic mass is 127. The first-order valence-corrected chi connectivity index (χ1v) is 7.83. The van der Waals surface area contributed by atoms with Gasteiger partial charge in [0.25, 0.3) is 0 Å². The van der Waals surface area contributed by atoms with Crippen LogP contribution in [-0.2, 0) is 11.2 Å². The Labute approximate surface area is 127 Å². The van der Waals surface area contributed by atoms with Gasteiger partial charge in [-0.3, -0.25) is 4.57 Å². The van der Waals surface area contributed by atoms with E-state index in [0.29, 0.717) is 0 Å². The molecule has 0 saturated carbocycles. The summed E-state index contributed by atoms with van der Waals surface area (Å²) in [5.41, 5.74) is 1.62. The molecule has 0 unspecified atom stereocenters. The van der Waals surface area contributed by atoms with E-state index in [0.717, 1.165) is 21.8 Å². The minimum absolute atomic E-state index is 0.316. The predicted molar refractivity (Wildman–Crippen MR) is 86.2 cm³/mol. The molecule has 0 amide bonds. The molecule has 1 aromatic carbocycles. The van der Waals surface area contributed by atoms with E-state index >= 15 is 0 Å². The highest BCUT2D eigenvalue weighted by Crippen LogP contribution is 2.23. The number of aromatic nitrogens is 1. The van der Waals surface area contributed by atoms with E-state index in [1.54, 1.807) is 4.57 Å². The number of nitrogens with zero attached hydrogens (tertiary/aromatic N) is 1. The maximum absolute atomic E-state index is 12.2. The van der Waals surface area contributed by atoms with Crippen molar-refractivity contribution < 1.29 is 9.53 Å². The summed E-state index contributed by atoms with van der Waals surface area (Å²) >= 11 is 2.35. The molecule has 1 aromatic heterocycles. The monoisotopic (exact) mass is 371 g/mol. The topological polar surface area (TPSA) is 31.2 Å². The summed E-state index contributed by atoms with van der Waals surface area (Å²) in [6.45, 7) is 5.63. The first kappa shape index (κ1) is 14.4. The number of ether oxygens (including phenoxy) is 1. The standard InChI is InChI=1S/C15H18INO2/c1-15(2,3)19-14(18)17-10-11(8-9-16)12-6-4-5-7-13(12)17/h4-7,10H,8-9H2,1-3H3. The highest BCUT2D eigenvalue weighted by Gasteiger charge is 2.20. The number of alkyl halides is 1. The minimum Gasteiger partial charge on any atom is -0.443 e. The van der Waals surface area contributed by atoms with Gasteiger partial charge in [-0.25, -0.2) is 4.79 Å². The second-order valence-electron chi connectivity index (χ2n) is 5.46. The molecular formula is C15H18INO2. The first-order chi connectivity index (χ1) is 8.92. The molecule has 2 rings (SSSR count). The number of halogens is 1. The summed E-state index contributed by atoms with van der Waals surface area (Å²) in [5.74, 6) is 0. The largest absolute Gasteiger partial charge is 0.443 e. The molecule has 19 heavy (non-hydrogen) atoms. The molecule has 0 atom stereocenters. The van der Waals surface area contributed by atoms with Crippen LogP contribution in [0, 0.1) is 0 Å². The van der Waals surface area contributed by atoms with Gasteiger partial charge in [-0.1, -0.05) is 40.8 Å². The van der Waals surface area contributed by atoms with Gasteiger partial charge in [0, 0.05) is 16.0 Å². The fourth-order valence-corrected chi connectivity index (χ4v) is 2.59. The molecule has 102 valence electrons. The van der Waals surface area contributed by atoms with Gasteiger partial charge < -0.3 is 4.74 Å². The second-order valence-corrected chi connectivity index (χ2v) is 6.54. The molecule has 0 N–H and O–H groups in total. The van der Waals surface area contributed by atoms with Crippen molar-refractivity contribution in [1.29, 1.82) is 0 Å². The molecule has 0 spiro atoms. The van der Waals surface area contributed by atoms with E-state index in [1.807, 2.05) is 45.2 Å². The van der Waals surface area contributed by atoms with Gasteiger partial charge in [0.05, 0.1) is 5.52 Å². The summed E-state index contributed by atoms with van der Waals surface area (Å²) < 4.78 is 8.09. The van der Waals surface area contributed by atoms with E-state index < -0.39 is 5.60 Å². The molecule has 0 radical (unpaired) electrons. The Balaban J connectivity index is 2.46. The summed E-state index contributed by atoms with van der Waals surface area (Å²) in [5, 5.41) is 1.13. The third kappa shape index (κ3) is 3.29. The SMILES string of the molecule is CC(C)(C)OC(=O)n1cc(CCI)c2ccccc21. The van der Waals surface area contributed by atoms with E-state index in [2.05, 4.69) is 28.7 Å². The van der Waals surface area contributed by atoms with E-state index in [9.17, 15) is 4.79 Å². The van der Waals surface area contributed by atoms with Crippen LogP contribution in [0.2, 0.25) is 0 Å². The lowest BCUT2D eigenvalue weighted by Crippen LogP contribution is -2.26. The summed E-state index contributed by atoms with van der Waals surface area (Å²) in [6.07, 6.45) is 2.54. The quantitative estimate of drug-likeness (QED) is 0.579. The first-order valence-electron chi connectivity index (χ1n) is 6.30. The number of carbonyl (C=O) groups is 1. The molecule has 0 saturated heterocycles. The van der Waals surface area contributed by atoms with Gasteiger partial charge in [0.2, 0.25) is 0 Å². The third-order valence-corrected chi connectivity index (χ3v) is 3.29.